The van der Waals surface area contributed by atoms with E-state index in [0.29, 0.717) is 23.5 Å². The van der Waals surface area contributed by atoms with Crippen LogP contribution >= 0.6 is 11.6 Å². The van der Waals surface area contributed by atoms with Gasteiger partial charge in [0.15, 0.2) is 0 Å². The van der Waals surface area contributed by atoms with Gasteiger partial charge in [-0.1, -0.05) is 17.7 Å². The smallest absolute Gasteiger partial charge is 0.322 e. The topological polar surface area (TPSA) is 86.7 Å². The Hall–Kier alpha value is -2.60. The van der Waals surface area contributed by atoms with Crippen molar-refractivity contribution in [3.05, 3.63) is 46.5 Å². The average molecular weight is 363 g/mol. The molecule has 0 aliphatic rings. The first-order chi connectivity index (χ1) is 11.9. The number of nitrogens with zero attached hydrogens (tertiary/aromatic N) is 1. The quantitative estimate of drug-likeness (QED) is 0.827. The summed E-state index contributed by atoms with van der Waals surface area (Å²) in [7, 11) is 0. The van der Waals surface area contributed by atoms with Gasteiger partial charge in [0.2, 0.25) is 0 Å². The molecule has 2 aromatic carbocycles. The van der Waals surface area contributed by atoms with Crippen LogP contribution in [-0.2, 0) is 4.79 Å². The van der Waals surface area contributed by atoms with E-state index in [-0.39, 0.29) is 17.0 Å². The van der Waals surface area contributed by atoms with E-state index in [1.54, 1.807) is 35.2 Å². The van der Waals surface area contributed by atoms with Crippen molar-refractivity contribution < 1.29 is 19.5 Å². The summed E-state index contributed by atoms with van der Waals surface area (Å²) in [5, 5.41) is 13.0. The number of amides is 2. The predicted octanol–water partition coefficient (Wildman–Crippen LogP) is 2.79. The second kappa shape index (κ2) is 7.98. The highest BCUT2D eigenvalue weighted by atomic mass is 35.5. The summed E-state index contributed by atoms with van der Waals surface area (Å²) in [6, 6.07) is 8.38. The number of hydrogen-bond acceptors (Lipinski definition) is 3. The number of carbonyl (C=O) groups excluding carboxylic acids is 2. The number of carboxylic acids is 1. The lowest BCUT2D eigenvalue weighted by atomic mass is 9.99. The SMILES string of the molecule is CCN(CC)C(=O)c1cc2ccc(Cl)cc2cc1C(=O)NCC(=O)O. The summed E-state index contributed by atoms with van der Waals surface area (Å²) in [5.74, 6) is -2.05. The summed E-state index contributed by atoms with van der Waals surface area (Å²) in [6.45, 7) is 4.19. The van der Waals surface area contributed by atoms with Crippen LogP contribution in [0.1, 0.15) is 34.6 Å². The third kappa shape index (κ3) is 4.28. The minimum Gasteiger partial charge on any atom is -0.480 e. The second-order valence-electron chi connectivity index (χ2n) is 5.44. The van der Waals surface area contributed by atoms with E-state index in [4.69, 9.17) is 16.7 Å². The molecule has 0 aliphatic carbocycles. The van der Waals surface area contributed by atoms with Crippen LogP contribution in [0.25, 0.3) is 10.8 Å². The van der Waals surface area contributed by atoms with Crippen LogP contribution in [0.4, 0.5) is 0 Å². The maximum atomic E-state index is 12.8. The summed E-state index contributed by atoms with van der Waals surface area (Å²) in [4.78, 5) is 37.5. The van der Waals surface area contributed by atoms with Gasteiger partial charge in [-0.25, -0.2) is 0 Å². The van der Waals surface area contributed by atoms with E-state index in [9.17, 15) is 14.4 Å². The standard InChI is InChI=1S/C18H19ClN2O4/c1-3-21(4-2)18(25)15-8-11-5-6-13(19)7-12(11)9-14(15)17(24)20-10-16(22)23/h5-9H,3-4,10H2,1-2H3,(H,20,24)(H,22,23). The Morgan fingerprint density at radius 1 is 1.04 bits per heavy atom. The maximum Gasteiger partial charge on any atom is 0.322 e. The molecular formula is C18H19ClN2O4. The summed E-state index contributed by atoms with van der Waals surface area (Å²) in [5.41, 5.74) is 0.370. The Balaban J connectivity index is 2.57. The zero-order valence-electron chi connectivity index (χ0n) is 14.0. The average Bonchev–Trinajstić information content (AvgIpc) is 2.59. The summed E-state index contributed by atoms with van der Waals surface area (Å²) < 4.78 is 0. The van der Waals surface area contributed by atoms with Gasteiger partial charge in [0.05, 0.1) is 11.1 Å². The molecule has 2 amide bonds. The third-order valence-electron chi connectivity index (χ3n) is 3.86. The summed E-state index contributed by atoms with van der Waals surface area (Å²) >= 11 is 6.00. The van der Waals surface area contributed by atoms with Gasteiger partial charge in [-0.3, -0.25) is 14.4 Å². The predicted molar refractivity (Wildman–Crippen MR) is 96.2 cm³/mol. The minimum atomic E-state index is -1.16. The fourth-order valence-electron chi connectivity index (χ4n) is 2.57. The molecule has 25 heavy (non-hydrogen) atoms. The lowest BCUT2D eigenvalue weighted by molar-refractivity contribution is -0.135. The lowest BCUT2D eigenvalue weighted by Crippen LogP contribution is -2.34. The Labute approximate surface area is 150 Å². The zero-order valence-corrected chi connectivity index (χ0v) is 14.8. The fraction of sp³-hybridized carbons (Fsp3) is 0.278. The molecular weight excluding hydrogens is 344 g/mol. The molecule has 0 bridgehead atoms. The van der Waals surface area contributed by atoms with Gasteiger partial charge in [-0.15, -0.1) is 0 Å². The molecule has 2 rings (SSSR count). The van der Waals surface area contributed by atoms with Crippen molar-refractivity contribution in [2.45, 2.75) is 13.8 Å². The molecule has 0 radical (unpaired) electrons. The van der Waals surface area contributed by atoms with Crippen molar-refractivity contribution >= 4 is 40.2 Å². The highest BCUT2D eigenvalue weighted by molar-refractivity contribution is 6.31. The molecule has 6 nitrogen and oxygen atoms in total. The summed E-state index contributed by atoms with van der Waals surface area (Å²) in [6.07, 6.45) is 0. The molecule has 2 aromatic rings. The van der Waals surface area contributed by atoms with Gasteiger partial charge in [0.25, 0.3) is 11.8 Å². The molecule has 0 spiro atoms. The Morgan fingerprint density at radius 3 is 2.28 bits per heavy atom. The fourth-order valence-corrected chi connectivity index (χ4v) is 2.75. The largest absolute Gasteiger partial charge is 0.480 e. The van der Waals surface area contributed by atoms with E-state index in [2.05, 4.69) is 5.32 Å². The first-order valence-electron chi connectivity index (χ1n) is 7.90. The highest BCUT2D eigenvalue weighted by Crippen LogP contribution is 2.24. The normalized spacial score (nSPS) is 10.5. The molecule has 0 unspecified atom stereocenters. The molecule has 7 heteroatoms. The molecule has 0 saturated heterocycles. The van der Waals surface area contributed by atoms with Crippen LogP contribution in [-0.4, -0.2) is 47.4 Å². The molecule has 132 valence electrons. The van der Waals surface area contributed by atoms with Gasteiger partial charge in [0, 0.05) is 18.1 Å². The van der Waals surface area contributed by atoms with E-state index in [1.807, 2.05) is 13.8 Å². The van der Waals surface area contributed by atoms with Gasteiger partial charge in [-0.05, 0) is 48.9 Å². The first-order valence-corrected chi connectivity index (χ1v) is 8.27. The van der Waals surface area contributed by atoms with Crippen LogP contribution in [0.3, 0.4) is 0 Å². The van der Waals surface area contributed by atoms with Gasteiger partial charge in [0.1, 0.15) is 6.54 Å². The van der Waals surface area contributed by atoms with Crippen molar-refractivity contribution in [2.75, 3.05) is 19.6 Å². The number of carbonyl (C=O) groups is 3. The van der Waals surface area contributed by atoms with Gasteiger partial charge < -0.3 is 15.3 Å². The monoisotopic (exact) mass is 362 g/mol. The van der Waals surface area contributed by atoms with Crippen LogP contribution in [0.15, 0.2) is 30.3 Å². The number of benzene rings is 2. The van der Waals surface area contributed by atoms with Crippen molar-refractivity contribution in [1.29, 1.82) is 0 Å². The van der Waals surface area contributed by atoms with E-state index < -0.39 is 18.4 Å². The molecule has 0 heterocycles. The maximum absolute atomic E-state index is 12.8. The lowest BCUT2D eigenvalue weighted by Gasteiger charge is -2.20. The molecule has 0 aliphatic heterocycles. The molecule has 2 N–H and O–H groups in total. The third-order valence-corrected chi connectivity index (χ3v) is 4.10. The number of halogens is 1. The number of carboxylic acid groups (broad SMARTS) is 1. The number of fused-ring (bicyclic) bond motifs is 1. The number of aliphatic carboxylic acids is 1. The van der Waals surface area contributed by atoms with Crippen LogP contribution in [0.5, 0.6) is 0 Å². The van der Waals surface area contributed by atoms with Crippen molar-refractivity contribution in [3.8, 4) is 0 Å². The second-order valence-corrected chi connectivity index (χ2v) is 5.88. The van der Waals surface area contributed by atoms with Crippen LogP contribution in [0, 0.1) is 0 Å². The van der Waals surface area contributed by atoms with Gasteiger partial charge in [-0.2, -0.15) is 0 Å². The number of nitrogens with one attached hydrogen (secondary N) is 1. The van der Waals surface area contributed by atoms with E-state index >= 15 is 0 Å². The van der Waals surface area contributed by atoms with E-state index in [1.165, 1.54) is 0 Å². The Kier molecular flexibility index (Phi) is 5.98. The number of rotatable bonds is 6. The first kappa shape index (κ1) is 18.7. The molecule has 0 atom stereocenters. The molecule has 0 saturated carbocycles. The van der Waals surface area contributed by atoms with Crippen LogP contribution in [0.2, 0.25) is 5.02 Å². The van der Waals surface area contributed by atoms with Gasteiger partial charge >= 0.3 is 5.97 Å². The highest BCUT2D eigenvalue weighted by Gasteiger charge is 2.22. The number of hydrogen-bond donors (Lipinski definition) is 2. The Bertz CT molecular complexity index is 831. The van der Waals surface area contributed by atoms with Crippen molar-refractivity contribution in [3.63, 3.8) is 0 Å². The van der Waals surface area contributed by atoms with Crippen LogP contribution < -0.4 is 5.32 Å². The molecule has 0 fully saturated rings. The zero-order chi connectivity index (χ0) is 18.6. The van der Waals surface area contributed by atoms with Crippen molar-refractivity contribution in [2.24, 2.45) is 0 Å². The Morgan fingerprint density at radius 2 is 1.68 bits per heavy atom. The van der Waals surface area contributed by atoms with Crippen molar-refractivity contribution in [1.82, 2.24) is 10.2 Å². The minimum absolute atomic E-state index is 0.132. The molecule has 0 aromatic heterocycles. The van der Waals surface area contributed by atoms with E-state index in [0.717, 1.165) is 5.39 Å².